The standard InChI is InChI=1S/C11H12N2O2/c1-13-6-8(12)10-7(11(14)15-2)4-3-5-9(10)13/h3-6H,12H2,1-2H3. The predicted octanol–water partition coefficient (Wildman–Crippen LogP) is 1.55. The summed E-state index contributed by atoms with van der Waals surface area (Å²) in [6, 6.07) is 5.44. The number of ether oxygens (including phenoxy) is 1. The number of nitrogens with zero attached hydrogens (tertiary/aromatic N) is 1. The fraction of sp³-hybridized carbons (Fsp3) is 0.182. The van der Waals surface area contributed by atoms with Crippen LogP contribution in [-0.4, -0.2) is 17.6 Å². The minimum Gasteiger partial charge on any atom is -0.465 e. The maximum absolute atomic E-state index is 11.5. The molecule has 2 aromatic rings. The van der Waals surface area contributed by atoms with E-state index < -0.39 is 0 Å². The molecular weight excluding hydrogens is 192 g/mol. The third-order valence-electron chi connectivity index (χ3n) is 2.45. The van der Waals surface area contributed by atoms with E-state index in [1.165, 1.54) is 7.11 Å². The summed E-state index contributed by atoms with van der Waals surface area (Å²) >= 11 is 0. The molecule has 0 saturated heterocycles. The van der Waals surface area contributed by atoms with Crippen molar-refractivity contribution < 1.29 is 9.53 Å². The highest BCUT2D eigenvalue weighted by atomic mass is 16.5. The Labute approximate surface area is 87.2 Å². The molecule has 0 saturated carbocycles. The minimum atomic E-state index is -0.362. The zero-order valence-electron chi connectivity index (χ0n) is 8.65. The summed E-state index contributed by atoms with van der Waals surface area (Å²) in [6.07, 6.45) is 1.79. The van der Waals surface area contributed by atoms with Gasteiger partial charge in [0.1, 0.15) is 0 Å². The number of anilines is 1. The van der Waals surface area contributed by atoms with Crippen molar-refractivity contribution in [3.05, 3.63) is 30.0 Å². The lowest BCUT2D eigenvalue weighted by molar-refractivity contribution is 0.0603. The molecule has 2 rings (SSSR count). The molecule has 15 heavy (non-hydrogen) atoms. The van der Waals surface area contributed by atoms with Gasteiger partial charge in [-0.3, -0.25) is 0 Å². The third-order valence-corrected chi connectivity index (χ3v) is 2.45. The van der Waals surface area contributed by atoms with Gasteiger partial charge in [-0.05, 0) is 12.1 Å². The lowest BCUT2D eigenvalue weighted by Crippen LogP contribution is -2.02. The van der Waals surface area contributed by atoms with Gasteiger partial charge in [0.05, 0.1) is 23.9 Å². The highest BCUT2D eigenvalue weighted by molar-refractivity contribution is 6.08. The Balaban J connectivity index is 2.80. The number of hydrogen-bond donors (Lipinski definition) is 1. The number of nitrogen functional groups attached to an aromatic ring is 1. The molecule has 1 aromatic heterocycles. The van der Waals surface area contributed by atoms with E-state index in [9.17, 15) is 4.79 Å². The lowest BCUT2D eigenvalue weighted by atomic mass is 10.1. The van der Waals surface area contributed by atoms with Crippen molar-refractivity contribution in [2.75, 3.05) is 12.8 Å². The first-order valence-electron chi connectivity index (χ1n) is 4.57. The van der Waals surface area contributed by atoms with Crippen LogP contribution in [0.15, 0.2) is 24.4 Å². The molecule has 0 unspecified atom stereocenters. The van der Waals surface area contributed by atoms with E-state index in [2.05, 4.69) is 0 Å². The summed E-state index contributed by atoms with van der Waals surface area (Å²) in [5, 5.41) is 0.756. The number of methoxy groups -OCH3 is 1. The zero-order chi connectivity index (χ0) is 11.0. The van der Waals surface area contributed by atoms with Gasteiger partial charge in [0, 0.05) is 18.6 Å². The number of benzene rings is 1. The monoisotopic (exact) mass is 204 g/mol. The van der Waals surface area contributed by atoms with Crippen LogP contribution in [0.2, 0.25) is 0 Å². The van der Waals surface area contributed by atoms with Crippen LogP contribution in [0.5, 0.6) is 0 Å². The van der Waals surface area contributed by atoms with Crippen LogP contribution in [0.4, 0.5) is 5.69 Å². The van der Waals surface area contributed by atoms with Gasteiger partial charge < -0.3 is 15.0 Å². The Kier molecular flexibility index (Phi) is 2.11. The molecule has 2 N–H and O–H groups in total. The van der Waals surface area contributed by atoms with E-state index in [0.29, 0.717) is 11.3 Å². The highest BCUT2D eigenvalue weighted by Gasteiger charge is 2.14. The fourth-order valence-electron chi connectivity index (χ4n) is 1.76. The normalized spacial score (nSPS) is 10.5. The van der Waals surface area contributed by atoms with E-state index in [1.54, 1.807) is 12.3 Å². The fourth-order valence-corrected chi connectivity index (χ4v) is 1.76. The molecule has 0 aliphatic heterocycles. The number of aryl methyl sites for hydroxylation is 1. The van der Waals surface area contributed by atoms with Crippen molar-refractivity contribution in [2.45, 2.75) is 0 Å². The van der Waals surface area contributed by atoms with Gasteiger partial charge >= 0.3 is 5.97 Å². The van der Waals surface area contributed by atoms with Gasteiger partial charge in [-0.2, -0.15) is 0 Å². The minimum absolute atomic E-state index is 0.362. The molecule has 0 atom stereocenters. The van der Waals surface area contributed by atoms with Crippen molar-refractivity contribution in [1.82, 2.24) is 4.57 Å². The van der Waals surface area contributed by atoms with E-state index >= 15 is 0 Å². The van der Waals surface area contributed by atoms with Crippen LogP contribution in [-0.2, 0) is 11.8 Å². The molecule has 1 heterocycles. The van der Waals surface area contributed by atoms with Gasteiger partial charge in [0.25, 0.3) is 0 Å². The van der Waals surface area contributed by atoms with Crippen molar-refractivity contribution >= 4 is 22.6 Å². The second kappa shape index (κ2) is 3.31. The third kappa shape index (κ3) is 1.34. The highest BCUT2D eigenvalue weighted by Crippen LogP contribution is 2.26. The summed E-state index contributed by atoms with van der Waals surface area (Å²) in [4.78, 5) is 11.5. The van der Waals surface area contributed by atoms with Crippen LogP contribution < -0.4 is 5.73 Å². The molecule has 4 heteroatoms. The molecule has 78 valence electrons. The predicted molar refractivity (Wildman–Crippen MR) is 58.7 cm³/mol. The topological polar surface area (TPSA) is 57.2 Å². The smallest absolute Gasteiger partial charge is 0.338 e. The van der Waals surface area contributed by atoms with E-state index in [4.69, 9.17) is 10.5 Å². The maximum atomic E-state index is 11.5. The maximum Gasteiger partial charge on any atom is 0.338 e. The van der Waals surface area contributed by atoms with Crippen molar-refractivity contribution in [3.63, 3.8) is 0 Å². The number of aromatic nitrogens is 1. The molecule has 0 radical (unpaired) electrons. The number of nitrogens with two attached hydrogens (primary N) is 1. The van der Waals surface area contributed by atoms with Crippen LogP contribution in [0.1, 0.15) is 10.4 Å². The molecular formula is C11H12N2O2. The van der Waals surface area contributed by atoms with Crippen LogP contribution in [0, 0.1) is 0 Å². The average Bonchev–Trinajstić information content (AvgIpc) is 2.54. The summed E-state index contributed by atoms with van der Waals surface area (Å²) in [7, 11) is 3.25. The molecule has 0 amide bonds. The molecule has 0 aliphatic rings. The summed E-state index contributed by atoms with van der Waals surface area (Å²) in [5.74, 6) is -0.362. The number of fused-ring (bicyclic) bond motifs is 1. The average molecular weight is 204 g/mol. The van der Waals surface area contributed by atoms with Crippen molar-refractivity contribution in [2.24, 2.45) is 7.05 Å². The first-order chi connectivity index (χ1) is 7.15. The lowest BCUT2D eigenvalue weighted by Gasteiger charge is -2.02. The van der Waals surface area contributed by atoms with Crippen LogP contribution in [0.3, 0.4) is 0 Å². The number of esters is 1. The summed E-state index contributed by atoms with van der Waals surface area (Å²) in [5.41, 5.74) is 7.87. The zero-order valence-corrected chi connectivity index (χ0v) is 8.65. The first-order valence-corrected chi connectivity index (χ1v) is 4.57. The number of carbonyl (C=O) groups excluding carboxylic acids is 1. The molecule has 0 aliphatic carbocycles. The Hall–Kier alpha value is -1.97. The summed E-state index contributed by atoms with van der Waals surface area (Å²) in [6.45, 7) is 0. The van der Waals surface area contributed by atoms with E-state index in [0.717, 1.165) is 10.9 Å². The van der Waals surface area contributed by atoms with Gasteiger partial charge in [-0.25, -0.2) is 4.79 Å². The van der Waals surface area contributed by atoms with Gasteiger partial charge in [0.15, 0.2) is 0 Å². The van der Waals surface area contributed by atoms with Gasteiger partial charge in [-0.15, -0.1) is 0 Å². The Bertz CT molecular complexity index is 529. The van der Waals surface area contributed by atoms with Crippen molar-refractivity contribution in [1.29, 1.82) is 0 Å². The number of rotatable bonds is 1. The summed E-state index contributed by atoms with van der Waals surface area (Å²) < 4.78 is 6.59. The van der Waals surface area contributed by atoms with Gasteiger partial charge in [0.2, 0.25) is 0 Å². The quantitative estimate of drug-likeness (QED) is 0.717. The number of hydrogen-bond acceptors (Lipinski definition) is 3. The SMILES string of the molecule is COC(=O)c1cccc2c1c(N)cn2C. The number of carbonyl (C=O) groups is 1. The molecule has 4 nitrogen and oxygen atoms in total. The van der Waals surface area contributed by atoms with E-state index in [1.807, 2.05) is 23.7 Å². The molecule has 1 aromatic carbocycles. The Morgan fingerprint density at radius 3 is 2.87 bits per heavy atom. The van der Waals surface area contributed by atoms with Crippen LogP contribution >= 0.6 is 0 Å². The Morgan fingerprint density at radius 1 is 1.47 bits per heavy atom. The largest absolute Gasteiger partial charge is 0.465 e. The Morgan fingerprint density at radius 2 is 2.20 bits per heavy atom. The second-order valence-corrected chi connectivity index (χ2v) is 3.39. The second-order valence-electron chi connectivity index (χ2n) is 3.39. The van der Waals surface area contributed by atoms with Crippen LogP contribution in [0.25, 0.3) is 10.9 Å². The first kappa shape index (κ1) is 9.58. The van der Waals surface area contributed by atoms with E-state index in [-0.39, 0.29) is 5.97 Å². The molecule has 0 spiro atoms. The molecule has 0 fully saturated rings. The molecule has 0 bridgehead atoms. The van der Waals surface area contributed by atoms with Gasteiger partial charge in [-0.1, -0.05) is 6.07 Å². The van der Waals surface area contributed by atoms with Crippen molar-refractivity contribution in [3.8, 4) is 0 Å².